The van der Waals surface area contributed by atoms with Crippen LogP contribution < -0.4 is 0 Å². The number of aliphatic hydroxyl groups is 1. The summed E-state index contributed by atoms with van der Waals surface area (Å²) in [4.78, 5) is 2.48. The number of nitrogens with zero attached hydrogens (tertiary/aromatic N) is 1. The quantitative estimate of drug-likeness (QED) is 0.877. The van der Waals surface area contributed by atoms with Gasteiger partial charge in [-0.3, -0.25) is 0 Å². The van der Waals surface area contributed by atoms with Gasteiger partial charge in [-0.15, -0.1) is 0 Å². The topological polar surface area (TPSA) is 57.6 Å². The van der Waals surface area contributed by atoms with Gasteiger partial charge in [0.05, 0.1) is 10.6 Å². The molecule has 1 aromatic rings. The van der Waals surface area contributed by atoms with E-state index in [1.54, 1.807) is 24.3 Å². The molecule has 0 amide bonds. The summed E-state index contributed by atoms with van der Waals surface area (Å²) < 4.78 is 25.2. The van der Waals surface area contributed by atoms with Crippen molar-refractivity contribution in [2.24, 2.45) is 5.92 Å². The molecule has 1 saturated heterocycles. The van der Waals surface area contributed by atoms with Gasteiger partial charge >= 0.3 is 0 Å². The molecule has 2 rings (SSSR count). The van der Waals surface area contributed by atoms with Gasteiger partial charge in [0.25, 0.3) is 0 Å². The number of sulfone groups is 1. The SMILES string of the molecule is O=S(=O)(CCN1CCC(CO)C1)c1ccc(Br)cc1. The normalized spacial score (nSPS) is 20.8. The zero-order valence-electron chi connectivity index (χ0n) is 10.6. The fourth-order valence-electron chi connectivity index (χ4n) is 2.27. The maximum Gasteiger partial charge on any atom is 0.179 e. The standard InChI is InChI=1S/C13H18BrNO3S/c14-12-1-3-13(4-2-12)19(17,18)8-7-15-6-5-11(9-15)10-16/h1-4,11,16H,5-10H2. The summed E-state index contributed by atoms with van der Waals surface area (Å²) in [5, 5.41) is 9.07. The first kappa shape index (κ1) is 15.0. The van der Waals surface area contributed by atoms with Crippen LogP contribution in [0, 0.1) is 5.92 Å². The van der Waals surface area contributed by atoms with Gasteiger partial charge in [-0.05, 0) is 43.1 Å². The van der Waals surface area contributed by atoms with Crippen LogP contribution in [-0.4, -0.2) is 50.4 Å². The monoisotopic (exact) mass is 347 g/mol. The van der Waals surface area contributed by atoms with E-state index in [1.807, 2.05) is 0 Å². The highest BCUT2D eigenvalue weighted by molar-refractivity contribution is 9.10. The number of aliphatic hydroxyl groups excluding tert-OH is 1. The van der Waals surface area contributed by atoms with Crippen molar-refractivity contribution in [1.29, 1.82) is 0 Å². The Bertz CT molecular complexity index is 515. The third-order valence-corrected chi connectivity index (χ3v) is 5.72. The van der Waals surface area contributed by atoms with Crippen LogP contribution >= 0.6 is 15.9 Å². The Kier molecular flexibility index (Phi) is 5.00. The number of benzene rings is 1. The first-order valence-corrected chi connectivity index (χ1v) is 8.77. The predicted molar refractivity (Wildman–Crippen MR) is 77.8 cm³/mol. The van der Waals surface area contributed by atoms with Gasteiger partial charge in [-0.25, -0.2) is 8.42 Å². The molecule has 1 N–H and O–H groups in total. The highest BCUT2D eigenvalue weighted by atomic mass is 79.9. The van der Waals surface area contributed by atoms with E-state index in [1.165, 1.54) is 0 Å². The third kappa shape index (κ3) is 4.02. The minimum absolute atomic E-state index is 0.132. The van der Waals surface area contributed by atoms with Gasteiger partial charge < -0.3 is 10.0 Å². The third-order valence-electron chi connectivity index (χ3n) is 3.48. The first-order chi connectivity index (χ1) is 9.01. The summed E-state index contributed by atoms with van der Waals surface area (Å²) in [7, 11) is -3.21. The van der Waals surface area contributed by atoms with Gasteiger partial charge in [-0.2, -0.15) is 0 Å². The molecule has 0 radical (unpaired) electrons. The molecular formula is C13H18BrNO3S. The van der Waals surface area contributed by atoms with Crippen LogP contribution in [0.2, 0.25) is 0 Å². The summed E-state index contributed by atoms with van der Waals surface area (Å²) in [6, 6.07) is 6.73. The molecule has 1 atom stereocenters. The maximum atomic E-state index is 12.2. The van der Waals surface area contributed by atoms with Gasteiger partial charge in [-0.1, -0.05) is 15.9 Å². The second kappa shape index (κ2) is 6.35. The van der Waals surface area contributed by atoms with Crippen molar-refractivity contribution in [3.8, 4) is 0 Å². The average molecular weight is 348 g/mol. The van der Waals surface area contributed by atoms with E-state index < -0.39 is 9.84 Å². The van der Waals surface area contributed by atoms with E-state index in [-0.39, 0.29) is 12.4 Å². The second-order valence-electron chi connectivity index (χ2n) is 4.91. The van der Waals surface area contributed by atoms with E-state index in [0.717, 1.165) is 24.0 Å². The summed E-state index contributed by atoms with van der Waals surface area (Å²) >= 11 is 3.29. The lowest BCUT2D eigenvalue weighted by Gasteiger charge is -2.15. The summed E-state index contributed by atoms with van der Waals surface area (Å²) in [6.07, 6.45) is 0.953. The zero-order valence-corrected chi connectivity index (χ0v) is 13.0. The van der Waals surface area contributed by atoms with Crippen LogP contribution in [0.4, 0.5) is 0 Å². The molecule has 1 aromatic carbocycles. The van der Waals surface area contributed by atoms with Crippen molar-refractivity contribution in [3.63, 3.8) is 0 Å². The lowest BCUT2D eigenvalue weighted by molar-refractivity contribution is 0.224. The lowest BCUT2D eigenvalue weighted by atomic mass is 10.1. The molecule has 1 unspecified atom stereocenters. The molecular weight excluding hydrogens is 330 g/mol. The number of halogens is 1. The predicted octanol–water partition coefficient (Wildman–Crippen LogP) is 1.54. The first-order valence-electron chi connectivity index (χ1n) is 6.33. The molecule has 19 heavy (non-hydrogen) atoms. The Morgan fingerprint density at radius 2 is 2.00 bits per heavy atom. The summed E-state index contributed by atoms with van der Waals surface area (Å²) in [6.45, 7) is 2.40. The van der Waals surface area contributed by atoms with Gasteiger partial charge in [0.1, 0.15) is 0 Å². The summed E-state index contributed by atoms with van der Waals surface area (Å²) in [5.74, 6) is 0.433. The van der Waals surface area contributed by atoms with Crippen LogP contribution in [0.15, 0.2) is 33.6 Å². The van der Waals surface area contributed by atoms with Crippen molar-refractivity contribution in [2.75, 3.05) is 32.0 Å². The van der Waals surface area contributed by atoms with E-state index >= 15 is 0 Å². The molecule has 0 spiro atoms. The van der Waals surface area contributed by atoms with Crippen molar-refractivity contribution in [3.05, 3.63) is 28.7 Å². The maximum absolute atomic E-state index is 12.2. The van der Waals surface area contributed by atoms with E-state index in [2.05, 4.69) is 20.8 Å². The number of rotatable bonds is 5. The molecule has 106 valence electrons. The zero-order chi connectivity index (χ0) is 13.9. The molecule has 1 heterocycles. The number of likely N-dealkylation sites (tertiary alicyclic amines) is 1. The average Bonchev–Trinajstić information content (AvgIpc) is 2.85. The number of hydrogen-bond donors (Lipinski definition) is 1. The van der Waals surface area contributed by atoms with E-state index in [9.17, 15) is 8.42 Å². The van der Waals surface area contributed by atoms with Crippen LogP contribution in [0.1, 0.15) is 6.42 Å². The van der Waals surface area contributed by atoms with Gasteiger partial charge in [0, 0.05) is 24.2 Å². The van der Waals surface area contributed by atoms with Gasteiger partial charge in [0.2, 0.25) is 0 Å². The molecule has 0 bridgehead atoms. The Labute approximate surface area is 122 Å². The fourth-order valence-corrected chi connectivity index (χ4v) is 3.82. The van der Waals surface area contributed by atoms with Crippen molar-refractivity contribution in [2.45, 2.75) is 11.3 Å². The fraction of sp³-hybridized carbons (Fsp3) is 0.538. The second-order valence-corrected chi connectivity index (χ2v) is 7.94. The van der Waals surface area contributed by atoms with Crippen LogP contribution in [-0.2, 0) is 9.84 Å². The molecule has 1 aliphatic rings. The molecule has 0 saturated carbocycles. The highest BCUT2D eigenvalue weighted by Crippen LogP contribution is 2.18. The summed E-state index contributed by atoms with van der Waals surface area (Å²) in [5.41, 5.74) is 0. The van der Waals surface area contributed by atoms with Crippen LogP contribution in [0.5, 0.6) is 0 Å². The van der Waals surface area contributed by atoms with Gasteiger partial charge in [0.15, 0.2) is 9.84 Å². The largest absolute Gasteiger partial charge is 0.396 e. The van der Waals surface area contributed by atoms with Crippen LogP contribution in [0.25, 0.3) is 0 Å². The van der Waals surface area contributed by atoms with Crippen LogP contribution in [0.3, 0.4) is 0 Å². The minimum Gasteiger partial charge on any atom is -0.396 e. The smallest absolute Gasteiger partial charge is 0.179 e. The van der Waals surface area contributed by atoms with Crippen molar-refractivity contribution < 1.29 is 13.5 Å². The Hall–Kier alpha value is -0.430. The molecule has 1 fully saturated rings. The molecule has 0 aromatic heterocycles. The lowest BCUT2D eigenvalue weighted by Crippen LogP contribution is -2.28. The Morgan fingerprint density at radius 3 is 2.58 bits per heavy atom. The van der Waals surface area contributed by atoms with Crippen molar-refractivity contribution in [1.82, 2.24) is 4.90 Å². The molecule has 1 aliphatic heterocycles. The Morgan fingerprint density at radius 1 is 1.32 bits per heavy atom. The van der Waals surface area contributed by atoms with Crippen molar-refractivity contribution >= 4 is 25.8 Å². The van der Waals surface area contributed by atoms with E-state index in [0.29, 0.717) is 17.4 Å². The van der Waals surface area contributed by atoms with E-state index in [4.69, 9.17) is 5.11 Å². The molecule has 6 heteroatoms. The Balaban J connectivity index is 1.93. The molecule has 4 nitrogen and oxygen atoms in total. The molecule has 0 aliphatic carbocycles. The highest BCUT2D eigenvalue weighted by Gasteiger charge is 2.23. The number of hydrogen-bond acceptors (Lipinski definition) is 4. The minimum atomic E-state index is -3.21.